The molecule has 1 aliphatic heterocycles. The Kier molecular flexibility index (Phi) is 6.53. The van der Waals surface area contributed by atoms with Crippen LogP contribution in [0.15, 0.2) is 185 Å². The highest BCUT2D eigenvalue weighted by atomic mass is 16.3. The van der Waals surface area contributed by atoms with E-state index in [4.69, 9.17) is 9.41 Å². The monoisotopic (exact) mass is 641 g/mol. The lowest BCUT2D eigenvalue weighted by atomic mass is 9.95. The van der Waals surface area contributed by atoms with Gasteiger partial charge in [-0.25, -0.2) is 0 Å². The van der Waals surface area contributed by atoms with E-state index >= 15 is 0 Å². The zero-order valence-corrected chi connectivity index (χ0v) is 27.1. The molecule has 236 valence electrons. The maximum Gasteiger partial charge on any atom is 0.160 e. The molecule has 1 unspecified atom stereocenters. The van der Waals surface area contributed by atoms with Crippen LogP contribution in [-0.2, 0) is 0 Å². The highest BCUT2D eigenvalue weighted by molar-refractivity contribution is 6.21. The molecule has 2 aromatic heterocycles. The molecule has 0 amide bonds. The van der Waals surface area contributed by atoms with Crippen LogP contribution in [0, 0.1) is 0 Å². The van der Waals surface area contributed by atoms with Crippen molar-refractivity contribution in [1.29, 1.82) is 0 Å². The molecule has 1 atom stereocenters. The Balaban J connectivity index is 1.10. The molecule has 3 heterocycles. The molecule has 0 fully saturated rings. The van der Waals surface area contributed by atoms with Crippen molar-refractivity contribution in [3.63, 3.8) is 0 Å². The van der Waals surface area contributed by atoms with E-state index in [9.17, 15) is 0 Å². The van der Waals surface area contributed by atoms with Crippen LogP contribution in [0.1, 0.15) is 22.9 Å². The van der Waals surface area contributed by atoms with Gasteiger partial charge in [-0.05, 0) is 58.7 Å². The summed E-state index contributed by atoms with van der Waals surface area (Å²) in [7, 11) is 0. The summed E-state index contributed by atoms with van der Waals surface area (Å²) < 4.78 is 8.92. The van der Waals surface area contributed by atoms with E-state index in [1.807, 2.05) is 24.3 Å². The smallest absolute Gasteiger partial charge is 0.160 e. The van der Waals surface area contributed by atoms with Gasteiger partial charge in [0.05, 0.1) is 16.7 Å². The zero-order chi connectivity index (χ0) is 33.0. The highest BCUT2D eigenvalue weighted by Crippen LogP contribution is 2.41. The molecule has 4 nitrogen and oxygen atoms in total. The number of hydrogen-bond acceptors (Lipinski definition) is 3. The Morgan fingerprint density at radius 1 is 0.520 bits per heavy atom. The first-order valence-corrected chi connectivity index (χ1v) is 17.0. The van der Waals surface area contributed by atoms with E-state index in [0.29, 0.717) is 0 Å². The molecule has 0 spiro atoms. The quantitative estimate of drug-likeness (QED) is 0.203. The normalized spacial score (nSPS) is 14.6. The van der Waals surface area contributed by atoms with Gasteiger partial charge >= 0.3 is 0 Å². The van der Waals surface area contributed by atoms with Crippen molar-refractivity contribution in [3.8, 4) is 16.8 Å². The minimum absolute atomic E-state index is 0.202. The van der Waals surface area contributed by atoms with Gasteiger partial charge in [-0.15, -0.1) is 0 Å². The fraction of sp³-hybridized carbons (Fsp3) is 0.0217. The van der Waals surface area contributed by atoms with Gasteiger partial charge in [0.1, 0.15) is 11.7 Å². The number of aromatic nitrogens is 1. The minimum atomic E-state index is -0.202. The molecule has 4 heteroatoms. The molecule has 10 rings (SSSR count). The lowest BCUT2D eigenvalue weighted by molar-refractivity contribution is 0.664. The molecule has 0 saturated heterocycles. The van der Waals surface area contributed by atoms with Crippen molar-refractivity contribution in [2.75, 3.05) is 0 Å². The molecule has 0 bridgehead atoms. The van der Waals surface area contributed by atoms with Gasteiger partial charge in [-0.3, -0.25) is 4.99 Å². The first kappa shape index (κ1) is 28.4. The predicted octanol–water partition coefficient (Wildman–Crippen LogP) is 11.5. The summed E-state index contributed by atoms with van der Waals surface area (Å²) in [6.07, 6.45) is 1.98. The van der Waals surface area contributed by atoms with Gasteiger partial charge < -0.3 is 14.3 Å². The number of rotatable bonds is 5. The third-order valence-electron chi connectivity index (χ3n) is 9.86. The van der Waals surface area contributed by atoms with Crippen LogP contribution >= 0.6 is 0 Å². The summed E-state index contributed by atoms with van der Waals surface area (Å²) in [6, 6.07) is 59.8. The largest absolute Gasteiger partial charge is 0.454 e. The van der Waals surface area contributed by atoms with Crippen LogP contribution in [0.2, 0.25) is 0 Å². The molecular formula is C46H31N3O. The van der Waals surface area contributed by atoms with Gasteiger partial charge in [0, 0.05) is 38.5 Å². The van der Waals surface area contributed by atoms with Crippen LogP contribution in [0.4, 0.5) is 0 Å². The van der Waals surface area contributed by atoms with Gasteiger partial charge in [0.2, 0.25) is 0 Å². The van der Waals surface area contributed by atoms with Crippen molar-refractivity contribution >= 4 is 55.2 Å². The molecule has 50 heavy (non-hydrogen) atoms. The van der Waals surface area contributed by atoms with Crippen LogP contribution in [-0.4, -0.2) is 10.3 Å². The number of hydrogen-bond donors (Lipinski definition) is 1. The lowest BCUT2D eigenvalue weighted by Gasteiger charge is -2.26. The summed E-state index contributed by atoms with van der Waals surface area (Å²) in [6.45, 7) is 0. The molecular weight excluding hydrogens is 611 g/mol. The van der Waals surface area contributed by atoms with E-state index in [-0.39, 0.29) is 6.17 Å². The second kappa shape index (κ2) is 11.5. The number of aliphatic imine (C=N–C) groups is 1. The predicted molar refractivity (Wildman–Crippen MR) is 207 cm³/mol. The molecule has 0 aliphatic carbocycles. The van der Waals surface area contributed by atoms with Gasteiger partial charge in [-0.2, -0.15) is 0 Å². The summed E-state index contributed by atoms with van der Waals surface area (Å²) in [5.41, 5.74) is 12.8. The van der Waals surface area contributed by atoms with Crippen LogP contribution < -0.4 is 5.32 Å². The maximum atomic E-state index is 6.57. The molecule has 1 N–H and O–H groups in total. The van der Waals surface area contributed by atoms with Crippen molar-refractivity contribution in [2.45, 2.75) is 6.17 Å². The first-order chi connectivity index (χ1) is 24.8. The maximum absolute atomic E-state index is 6.57. The van der Waals surface area contributed by atoms with E-state index in [0.717, 1.165) is 77.9 Å². The van der Waals surface area contributed by atoms with Crippen molar-refractivity contribution in [3.05, 3.63) is 193 Å². The first-order valence-electron chi connectivity index (χ1n) is 17.0. The fourth-order valence-electron chi connectivity index (χ4n) is 7.51. The summed E-state index contributed by atoms with van der Waals surface area (Å²) in [5.74, 6) is 0. The summed E-state index contributed by atoms with van der Waals surface area (Å²) >= 11 is 0. The summed E-state index contributed by atoms with van der Waals surface area (Å²) in [5, 5.41) is 8.41. The number of benzene rings is 7. The van der Waals surface area contributed by atoms with Crippen molar-refractivity contribution in [1.82, 2.24) is 9.88 Å². The minimum Gasteiger partial charge on any atom is -0.454 e. The van der Waals surface area contributed by atoms with E-state index in [1.165, 1.54) is 10.8 Å². The zero-order valence-electron chi connectivity index (χ0n) is 27.1. The average Bonchev–Trinajstić information content (AvgIpc) is 3.75. The molecule has 7 aromatic carbocycles. The second-order valence-electron chi connectivity index (χ2n) is 12.8. The van der Waals surface area contributed by atoms with Gasteiger partial charge in [0.25, 0.3) is 0 Å². The Morgan fingerprint density at radius 2 is 1.18 bits per heavy atom. The van der Waals surface area contributed by atoms with E-state index in [2.05, 4.69) is 162 Å². The van der Waals surface area contributed by atoms with Crippen molar-refractivity contribution < 1.29 is 4.42 Å². The Hall–Kier alpha value is -6.65. The van der Waals surface area contributed by atoms with Gasteiger partial charge in [-0.1, -0.05) is 140 Å². The van der Waals surface area contributed by atoms with Crippen molar-refractivity contribution in [2.24, 2.45) is 4.99 Å². The third-order valence-corrected chi connectivity index (χ3v) is 9.86. The SMILES string of the molecule is C1=C(c2ccccc2-c2ccc(-n3c4ccccc4c4ccc5c6ccccc6oc5c43)cc2)NC(c2ccccc2)N=C1c1ccccc1. The number of fused-ring (bicyclic) bond motifs is 7. The Morgan fingerprint density at radius 3 is 2.00 bits per heavy atom. The Labute approximate surface area is 289 Å². The molecule has 0 radical (unpaired) electrons. The third kappa shape index (κ3) is 4.57. The van der Waals surface area contributed by atoms with E-state index < -0.39 is 0 Å². The number of furan rings is 1. The van der Waals surface area contributed by atoms with Crippen LogP contribution in [0.3, 0.4) is 0 Å². The topological polar surface area (TPSA) is 42.5 Å². The lowest BCUT2D eigenvalue weighted by Crippen LogP contribution is -2.25. The number of allylic oxidation sites excluding steroid dienone is 1. The summed E-state index contributed by atoms with van der Waals surface area (Å²) in [4.78, 5) is 5.14. The fourth-order valence-corrected chi connectivity index (χ4v) is 7.51. The molecule has 0 saturated carbocycles. The number of nitrogens with one attached hydrogen (secondary N) is 1. The number of nitrogens with zero attached hydrogens (tertiary/aromatic N) is 2. The second-order valence-corrected chi connectivity index (χ2v) is 12.8. The molecule has 9 aromatic rings. The van der Waals surface area contributed by atoms with E-state index in [1.54, 1.807) is 0 Å². The average molecular weight is 642 g/mol. The number of para-hydroxylation sites is 2. The van der Waals surface area contributed by atoms with Gasteiger partial charge in [0.15, 0.2) is 5.58 Å². The van der Waals surface area contributed by atoms with Crippen LogP contribution in [0.25, 0.3) is 66.3 Å². The molecule has 1 aliphatic rings. The van der Waals surface area contributed by atoms with Crippen LogP contribution in [0.5, 0.6) is 0 Å². The Bertz CT molecular complexity index is 2770. The standard InChI is InChI=1S/C46H31N3O/c1-3-13-31(14-4-1)40-29-41(48-46(47-40)32-15-5-2-6-16-32)35-18-8-7-17-34(35)30-23-25-33(26-24-30)49-42-21-11-9-19-36(42)38-27-28-39-37-20-10-12-22-43(37)50-45(39)44(38)49/h1-29,46,48H. The highest BCUT2D eigenvalue weighted by Gasteiger charge is 2.22.